The third-order valence-corrected chi connectivity index (χ3v) is 8.91. The molecule has 1 nitrogen and oxygen atoms in total. The minimum absolute atomic E-state index is 0.00913. The molecule has 0 N–H and O–H groups in total. The van der Waals surface area contributed by atoms with E-state index in [-0.39, 0.29) is 11.7 Å². The van der Waals surface area contributed by atoms with Crippen LogP contribution in [0.25, 0.3) is 0 Å². The molecule has 4 atom stereocenters. The van der Waals surface area contributed by atoms with E-state index in [4.69, 9.17) is 4.74 Å². The fraction of sp³-hybridized carbons (Fsp3) is 0.778. The molecule has 0 aromatic heterocycles. The zero-order chi connectivity index (χ0) is 21.1. The van der Waals surface area contributed by atoms with Crippen LogP contribution in [0.3, 0.4) is 0 Å². The summed E-state index contributed by atoms with van der Waals surface area (Å²) in [7, 11) is 1.39. The highest BCUT2D eigenvalue weighted by molar-refractivity contribution is 5.33. The standard InChI is InChI=1S/C27H40F2O/c1-3-4-5-18-6-8-19(9-7-18)20-10-11-22-17-23(13-12-21(22)16-20)24-14-15-25(30-2)27(29)26(24)28/h14-15,18-23H,3-13,16-17H2,1-2H3. The Morgan fingerprint density at radius 1 is 0.800 bits per heavy atom. The van der Waals surface area contributed by atoms with Crippen LogP contribution >= 0.6 is 0 Å². The largest absolute Gasteiger partial charge is 0.494 e. The molecule has 168 valence electrons. The van der Waals surface area contributed by atoms with Crippen LogP contribution in [-0.4, -0.2) is 7.11 Å². The number of hydrogen-bond donors (Lipinski definition) is 0. The first-order chi connectivity index (χ1) is 14.6. The number of fused-ring (bicyclic) bond motifs is 1. The number of methoxy groups -OCH3 is 1. The van der Waals surface area contributed by atoms with Crippen LogP contribution in [0.5, 0.6) is 5.75 Å². The quantitative estimate of drug-likeness (QED) is 0.452. The molecule has 4 unspecified atom stereocenters. The molecule has 1 aromatic carbocycles. The summed E-state index contributed by atoms with van der Waals surface area (Å²) in [5.74, 6) is 3.04. The second-order valence-electron chi connectivity index (χ2n) is 10.5. The predicted molar refractivity (Wildman–Crippen MR) is 119 cm³/mol. The first kappa shape index (κ1) is 22.1. The number of halogens is 2. The first-order valence-electron chi connectivity index (χ1n) is 12.6. The normalized spacial score (nSPS) is 34.4. The minimum atomic E-state index is -0.824. The van der Waals surface area contributed by atoms with Crippen molar-refractivity contribution in [3.63, 3.8) is 0 Å². The number of ether oxygens (including phenoxy) is 1. The Balaban J connectivity index is 1.31. The first-order valence-corrected chi connectivity index (χ1v) is 12.6. The van der Waals surface area contributed by atoms with Gasteiger partial charge in [0.2, 0.25) is 5.82 Å². The Bertz CT molecular complexity index is 694. The number of hydrogen-bond acceptors (Lipinski definition) is 1. The lowest BCUT2D eigenvalue weighted by Gasteiger charge is -2.45. The summed E-state index contributed by atoms with van der Waals surface area (Å²) in [5, 5.41) is 0. The Labute approximate surface area is 182 Å². The van der Waals surface area contributed by atoms with E-state index in [0.717, 1.165) is 36.5 Å². The smallest absolute Gasteiger partial charge is 0.200 e. The van der Waals surface area contributed by atoms with Crippen LogP contribution < -0.4 is 4.74 Å². The molecule has 0 bridgehead atoms. The lowest BCUT2D eigenvalue weighted by atomic mass is 9.60. The maximum atomic E-state index is 14.6. The van der Waals surface area contributed by atoms with Gasteiger partial charge in [-0.15, -0.1) is 0 Å². The van der Waals surface area contributed by atoms with Gasteiger partial charge in [0.05, 0.1) is 7.11 Å². The van der Waals surface area contributed by atoms with Crippen LogP contribution in [0.4, 0.5) is 8.78 Å². The third-order valence-electron chi connectivity index (χ3n) is 8.91. The summed E-state index contributed by atoms with van der Waals surface area (Å²) < 4.78 is 33.8. The van der Waals surface area contributed by atoms with Gasteiger partial charge >= 0.3 is 0 Å². The minimum Gasteiger partial charge on any atom is -0.494 e. The van der Waals surface area contributed by atoms with Gasteiger partial charge in [-0.25, -0.2) is 4.39 Å². The van der Waals surface area contributed by atoms with Crippen molar-refractivity contribution in [3.8, 4) is 5.75 Å². The maximum absolute atomic E-state index is 14.6. The van der Waals surface area contributed by atoms with Crippen molar-refractivity contribution in [2.75, 3.05) is 7.11 Å². The molecule has 3 aliphatic rings. The Kier molecular flexibility index (Phi) is 7.36. The van der Waals surface area contributed by atoms with E-state index >= 15 is 0 Å². The van der Waals surface area contributed by atoms with Crippen LogP contribution in [-0.2, 0) is 0 Å². The second-order valence-corrected chi connectivity index (χ2v) is 10.5. The van der Waals surface area contributed by atoms with E-state index in [0.29, 0.717) is 11.5 Å². The fourth-order valence-electron chi connectivity index (χ4n) is 7.10. The number of benzene rings is 1. The summed E-state index contributed by atoms with van der Waals surface area (Å²) >= 11 is 0. The van der Waals surface area contributed by atoms with Crippen LogP contribution in [0.1, 0.15) is 102 Å². The molecule has 3 aliphatic carbocycles. The van der Waals surface area contributed by atoms with Crippen molar-refractivity contribution < 1.29 is 13.5 Å². The highest BCUT2D eigenvalue weighted by Gasteiger charge is 2.39. The van der Waals surface area contributed by atoms with Gasteiger partial charge in [-0.1, -0.05) is 45.1 Å². The van der Waals surface area contributed by atoms with Crippen molar-refractivity contribution in [1.82, 2.24) is 0 Å². The highest BCUT2D eigenvalue weighted by atomic mass is 19.2. The van der Waals surface area contributed by atoms with Gasteiger partial charge in [0, 0.05) is 0 Å². The number of rotatable bonds is 6. The molecule has 3 heteroatoms. The Hall–Kier alpha value is -1.12. The van der Waals surface area contributed by atoms with Gasteiger partial charge in [-0.05, 0) is 98.5 Å². The van der Waals surface area contributed by atoms with E-state index in [1.165, 1.54) is 77.7 Å². The maximum Gasteiger partial charge on any atom is 0.200 e. The molecular weight excluding hydrogens is 378 g/mol. The van der Waals surface area contributed by atoms with Crippen LogP contribution in [0.2, 0.25) is 0 Å². The predicted octanol–water partition coefficient (Wildman–Crippen LogP) is 8.27. The monoisotopic (exact) mass is 418 g/mol. The molecule has 0 aliphatic heterocycles. The molecular formula is C27H40F2O. The van der Waals surface area contributed by atoms with Gasteiger partial charge in [0.1, 0.15) is 0 Å². The molecule has 0 amide bonds. The lowest BCUT2D eigenvalue weighted by Crippen LogP contribution is -2.34. The van der Waals surface area contributed by atoms with Crippen molar-refractivity contribution >= 4 is 0 Å². The molecule has 0 radical (unpaired) electrons. The third kappa shape index (κ3) is 4.70. The van der Waals surface area contributed by atoms with Gasteiger partial charge in [0.15, 0.2) is 11.6 Å². The Morgan fingerprint density at radius 2 is 1.43 bits per heavy atom. The van der Waals surface area contributed by atoms with Crippen molar-refractivity contribution in [2.45, 2.75) is 96.3 Å². The Morgan fingerprint density at radius 3 is 2.13 bits per heavy atom. The number of unbranched alkanes of at least 4 members (excludes halogenated alkanes) is 1. The van der Waals surface area contributed by atoms with E-state index in [2.05, 4.69) is 6.92 Å². The molecule has 0 saturated heterocycles. The lowest BCUT2D eigenvalue weighted by molar-refractivity contribution is 0.0705. The summed E-state index contributed by atoms with van der Waals surface area (Å²) in [5.41, 5.74) is 0.569. The zero-order valence-corrected chi connectivity index (χ0v) is 19.0. The summed E-state index contributed by atoms with van der Waals surface area (Å²) in [6.07, 6.45) is 17.3. The molecule has 4 rings (SSSR count). The SMILES string of the molecule is CCCCC1CCC(C2CCC3CC(c4ccc(OC)c(F)c4F)CCC3C2)CC1. The van der Waals surface area contributed by atoms with E-state index in [1.807, 2.05) is 0 Å². The van der Waals surface area contributed by atoms with Gasteiger partial charge in [-0.2, -0.15) is 4.39 Å². The molecule has 3 saturated carbocycles. The van der Waals surface area contributed by atoms with Crippen molar-refractivity contribution in [1.29, 1.82) is 0 Å². The summed E-state index contributed by atoms with van der Waals surface area (Å²) in [6.45, 7) is 2.30. The van der Waals surface area contributed by atoms with E-state index < -0.39 is 11.6 Å². The van der Waals surface area contributed by atoms with Crippen molar-refractivity contribution in [2.24, 2.45) is 29.6 Å². The fourth-order valence-corrected chi connectivity index (χ4v) is 7.10. The summed E-state index contributed by atoms with van der Waals surface area (Å²) in [4.78, 5) is 0. The average molecular weight is 419 g/mol. The second kappa shape index (κ2) is 10.0. The molecule has 30 heavy (non-hydrogen) atoms. The van der Waals surface area contributed by atoms with E-state index in [1.54, 1.807) is 12.1 Å². The molecule has 1 aromatic rings. The average Bonchev–Trinajstić information content (AvgIpc) is 2.79. The molecule has 0 spiro atoms. The van der Waals surface area contributed by atoms with Gasteiger partial charge in [-0.3, -0.25) is 0 Å². The molecule has 0 heterocycles. The van der Waals surface area contributed by atoms with Crippen LogP contribution in [0.15, 0.2) is 12.1 Å². The summed E-state index contributed by atoms with van der Waals surface area (Å²) in [6, 6.07) is 3.35. The zero-order valence-electron chi connectivity index (χ0n) is 19.0. The van der Waals surface area contributed by atoms with Crippen molar-refractivity contribution in [3.05, 3.63) is 29.3 Å². The van der Waals surface area contributed by atoms with Gasteiger partial charge in [0.25, 0.3) is 0 Å². The molecule has 3 fully saturated rings. The van der Waals surface area contributed by atoms with Crippen LogP contribution in [0, 0.1) is 41.2 Å². The van der Waals surface area contributed by atoms with Gasteiger partial charge < -0.3 is 4.74 Å². The topological polar surface area (TPSA) is 9.23 Å². The van der Waals surface area contributed by atoms with E-state index in [9.17, 15) is 8.78 Å². The highest BCUT2D eigenvalue weighted by Crippen LogP contribution is 2.51.